The first-order chi connectivity index (χ1) is 12.0. The number of para-hydroxylation sites is 1. The molecule has 0 aliphatic carbocycles. The van der Waals surface area contributed by atoms with Gasteiger partial charge in [0.05, 0.1) is 17.3 Å². The van der Waals surface area contributed by atoms with Crippen molar-refractivity contribution < 1.29 is 18.8 Å². The molecule has 0 radical (unpaired) electrons. The van der Waals surface area contributed by atoms with E-state index in [1.807, 2.05) is 0 Å². The standard InChI is InChI=1S/C17H14N4O4/c18-15(22)14(16(19)23)21-17(24)10-8-12(13-6-3-7-25-13)20-11-5-2-1-4-9(10)11/h1-8,14H,(H2,18,22)(H2,19,23)(H,21,24). The Labute approximate surface area is 141 Å². The summed E-state index contributed by atoms with van der Waals surface area (Å²) in [4.78, 5) is 39.7. The third kappa shape index (κ3) is 3.18. The fourth-order valence-corrected chi connectivity index (χ4v) is 2.41. The van der Waals surface area contributed by atoms with E-state index < -0.39 is 23.8 Å². The summed E-state index contributed by atoms with van der Waals surface area (Å²) < 4.78 is 5.32. The monoisotopic (exact) mass is 338 g/mol. The molecule has 0 spiro atoms. The van der Waals surface area contributed by atoms with Crippen molar-refractivity contribution in [2.24, 2.45) is 11.5 Å². The first kappa shape index (κ1) is 16.2. The number of benzene rings is 1. The van der Waals surface area contributed by atoms with E-state index in [4.69, 9.17) is 15.9 Å². The van der Waals surface area contributed by atoms with Gasteiger partial charge in [0, 0.05) is 5.39 Å². The molecule has 8 nitrogen and oxygen atoms in total. The molecule has 0 fully saturated rings. The van der Waals surface area contributed by atoms with Gasteiger partial charge < -0.3 is 21.2 Å². The van der Waals surface area contributed by atoms with Gasteiger partial charge in [-0.05, 0) is 24.3 Å². The SMILES string of the molecule is NC(=O)C(NC(=O)c1cc(-c2ccco2)nc2ccccc12)C(N)=O. The van der Waals surface area contributed by atoms with E-state index in [1.165, 1.54) is 12.3 Å². The molecule has 2 aromatic heterocycles. The third-order valence-corrected chi connectivity index (χ3v) is 3.58. The first-order valence-electron chi connectivity index (χ1n) is 7.30. The molecule has 0 saturated carbocycles. The van der Waals surface area contributed by atoms with Crippen LogP contribution in [-0.4, -0.2) is 28.7 Å². The van der Waals surface area contributed by atoms with Crippen LogP contribution in [0.1, 0.15) is 10.4 Å². The van der Waals surface area contributed by atoms with Gasteiger partial charge in [0.1, 0.15) is 5.69 Å². The molecule has 126 valence electrons. The minimum atomic E-state index is -1.61. The minimum Gasteiger partial charge on any atom is -0.463 e. The predicted molar refractivity (Wildman–Crippen MR) is 89.1 cm³/mol. The van der Waals surface area contributed by atoms with Gasteiger partial charge in [-0.1, -0.05) is 18.2 Å². The molecule has 0 bridgehead atoms. The Morgan fingerprint density at radius 1 is 1.04 bits per heavy atom. The maximum Gasteiger partial charge on any atom is 0.253 e. The minimum absolute atomic E-state index is 0.213. The van der Waals surface area contributed by atoms with Crippen LogP contribution in [0.4, 0.5) is 0 Å². The van der Waals surface area contributed by atoms with Crippen molar-refractivity contribution in [3.05, 3.63) is 54.3 Å². The molecule has 0 saturated heterocycles. The summed E-state index contributed by atoms with van der Waals surface area (Å²) >= 11 is 0. The second-order valence-corrected chi connectivity index (χ2v) is 5.26. The van der Waals surface area contributed by atoms with E-state index in [0.29, 0.717) is 22.4 Å². The number of carbonyl (C=O) groups is 3. The van der Waals surface area contributed by atoms with E-state index in [9.17, 15) is 14.4 Å². The Kier molecular flexibility index (Phi) is 4.17. The van der Waals surface area contributed by atoms with Gasteiger partial charge in [0.15, 0.2) is 11.8 Å². The van der Waals surface area contributed by atoms with Gasteiger partial charge in [-0.3, -0.25) is 14.4 Å². The van der Waals surface area contributed by atoms with Gasteiger partial charge in [-0.25, -0.2) is 4.98 Å². The van der Waals surface area contributed by atoms with Crippen LogP contribution in [0.15, 0.2) is 53.1 Å². The fourth-order valence-electron chi connectivity index (χ4n) is 2.41. The van der Waals surface area contributed by atoms with Crippen LogP contribution in [0.2, 0.25) is 0 Å². The normalized spacial score (nSPS) is 10.8. The lowest BCUT2D eigenvalue weighted by molar-refractivity contribution is -0.128. The number of furan rings is 1. The smallest absolute Gasteiger partial charge is 0.253 e. The van der Waals surface area contributed by atoms with Crippen molar-refractivity contribution in [3.8, 4) is 11.5 Å². The van der Waals surface area contributed by atoms with Gasteiger partial charge in [0.25, 0.3) is 5.91 Å². The van der Waals surface area contributed by atoms with E-state index in [-0.39, 0.29) is 5.56 Å². The van der Waals surface area contributed by atoms with E-state index in [1.54, 1.807) is 36.4 Å². The highest BCUT2D eigenvalue weighted by molar-refractivity contribution is 6.12. The highest BCUT2D eigenvalue weighted by Crippen LogP contribution is 2.25. The summed E-state index contributed by atoms with van der Waals surface area (Å²) in [5, 5.41) is 2.79. The molecule has 25 heavy (non-hydrogen) atoms. The Hall–Kier alpha value is -3.68. The van der Waals surface area contributed by atoms with Crippen LogP contribution in [0, 0.1) is 0 Å². The summed E-state index contributed by atoms with van der Waals surface area (Å²) in [6, 6.07) is 10.3. The topological polar surface area (TPSA) is 141 Å². The van der Waals surface area contributed by atoms with Crippen molar-refractivity contribution in [2.45, 2.75) is 6.04 Å². The maximum atomic E-state index is 12.6. The zero-order valence-corrected chi connectivity index (χ0v) is 12.9. The Morgan fingerprint density at radius 2 is 1.76 bits per heavy atom. The van der Waals surface area contributed by atoms with Crippen LogP contribution in [0.5, 0.6) is 0 Å². The largest absolute Gasteiger partial charge is 0.463 e. The van der Waals surface area contributed by atoms with Crippen LogP contribution in [0.25, 0.3) is 22.4 Å². The molecular formula is C17H14N4O4. The second kappa shape index (κ2) is 6.44. The number of fused-ring (bicyclic) bond motifs is 1. The second-order valence-electron chi connectivity index (χ2n) is 5.26. The number of nitrogens with one attached hydrogen (secondary N) is 1. The molecular weight excluding hydrogens is 324 g/mol. The first-order valence-corrected chi connectivity index (χ1v) is 7.30. The quantitative estimate of drug-likeness (QED) is 0.583. The molecule has 3 rings (SSSR count). The van der Waals surface area contributed by atoms with Crippen LogP contribution >= 0.6 is 0 Å². The van der Waals surface area contributed by atoms with Crippen molar-refractivity contribution in [1.29, 1.82) is 0 Å². The zero-order valence-electron chi connectivity index (χ0n) is 12.9. The van der Waals surface area contributed by atoms with Crippen molar-refractivity contribution >= 4 is 28.6 Å². The van der Waals surface area contributed by atoms with Crippen LogP contribution in [0.3, 0.4) is 0 Å². The molecule has 1 aromatic carbocycles. The predicted octanol–water partition coefficient (Wildman–Crippen LogP) is 0.564. The average Bonchev–Trinajstić information content (AvgIpc) is 3.12. The third-order valence-electron chi connectivity index (χ3n) is 3.58. The summed E-state index contributed by atoms with van der Waals surface area (Å²) in [5.41, 5.74) is 11.4. The van der Waals surface area contributed by atoms with Gasteiger partial charge in [-0.15, -0.1) is 0 Å². The molecule has 5 N–H and O–H groups in total. The lowest BCUT2D eigenvalue weighted by atomic mass is 10.1. The number of hydrogen-bond acceptors (Lipinski definition) is 5. The van der Waals surface area contributed by atoms with E-state index in [0.717, 1.165) is 0 Å². The number of hydrogen-bond donors (Lipinski definition) is 3. The lowest BCUT2D eigenvalue weighted by Gasteiger charge is -2.13. The van der Waals surface area contributed by atoms with Gasteiger partial charge >= 0.3 is 0 Å². The fraction of sp³-hybridized carbons (Fsp3) is 0.0588. The summed E-state index contributed by atoms with van der Waals surface area (Å²) in [6.45, 7) is 0. The number of carbonyl (C=O) groups excluding carboxylic acids is 3. The molecule has 3 aromatic rings. The molecule has 8 heteroatoms. The van der Waals surface area contributed by atoms with E-state index >= 15 is 0 Å². The van der Waals surface area contributed by atoms with Gasteiger partial charge in [0.2, 0.25) is 11.8 Å². The van der Waals surface area contributed by atoms with Crippen molar-refractivity contribution in [3.63, 3.8) is 0 Å². The lowest BCUT2D eigenvalue weighted by Crippen LogP contribution is -2.52. The number of pyridine rings is 1. The van der Waals surface area contributed by atoms with Gasteiger partial charge in [-0.2, -0.15) is 0 Å². The molecule has 0 aliphatic rings. The summed E-state index contributed by atoms with van der Waals surface area (Å²) in [7, 11) is 0. The van der Waals surface area contributed by atoms with Crippen LogP contribution < -0.4 is 16.8 Å². The molecule has 0 atom stereocenters. The number of aromatic nitrogens is 1. The number of nitrogens with zero attached hydrogens (tertiary/aromatic N) is 1. The Bertz CT molecular complexity index is 952. The highest BCUT2D eigenvalue weighted by atomic mass is 16.3. The summed E-state index contributed by atoms with van der Waals surface area (Å²) in [6.07, 6.45) is 1.49. The van der Waals surface area contributed by atoms with Crippen LogP contribution in [-0.2, 0) is 9.59 Å². The number of nitrogens with two attached hydrogens (primary N) is 2. The Balaban J connectivity index is 2.09. The molecule has 3 amide bonds. The average molecular weight is 338 g/mol. The number of amides is 3. The highest BCUT2D eigenvalue weighted by Gasteiger charge is 2.25. The number of rotatable bonds is 5. The molecule has 0 aliphatic heterocycles. The molecule has 2 heterocycles. The van der Waals surface area contributed by atoms with Crippen molar-refractivity contribution in [2.75, 3.05) is 0 Å². The Morgan fingerprint density at radius 3 is 2.40 bits per heavy atom. The maximum absolute atomic E-state index is 12.6. The summed E-state index contributed by atoms with van der Waals surface area (Å²) in [5.74, 6) is -2.27. The van der Waals surface area contributed by atoms with Crippen molar-refractivity contribution in [1.82, 2.24) is 10.3 Å². The zero-order chi connectivity index (χ0) is 18.0. The number of primary amides is 2. The molecule has 0 unspecified atom stereocenters. The van der Waals surface area contributed by atoms with E-state index in [2.05, 4.69) is 10.3 Å².